The molecule has 0 fully saturated rings. The van der Waals surface area contributed by atoms with Gasteiger partial charge in [-0.15, -0.1) is 0 Å². The number of halogens is 1. The number of nitrogens with one attached hydrogen (secondary N) is 1. The fourth-order valence-electron chi connectivity index (χ4n) is 1.81. The van der Waals surface area contributed by atoms with Crippen LogP contribution in [0.25, 0.3) is 5.65 Å². The Morgan fingerprint density at radius 1 is 1.25 bits per heavy atom. The van der Waals surface area contributed by atoms with Crippen molar-refractivity contribution in [2.75, 3.05) is 12.4 Å². The van der Waals surface area contributed by atoms with Crippen molar-refractivity contribution in [1.29, 1.82) is 0 Å². The van der Waals surface area contributed by atoms with Gasteiger partial charge in [0, 0.05) is 29.1 Å². The molecule has 0 spiro atoms. The highest BCUT2D eigenvalue weighted by Gasteiger charge is 2.03. The summed E-state index contributed by atoms with van der Waals surface area (Å²) in [6.07, 6.45) is 5.58. The minimum Gasteiger partial charge on any atom is -0.481 e. The molecule has 0 bridgehead atoms. The highest BCUT2D eigenvalue weighted by atomic mass is 79.9. The lowest BCUT2D eigenvalue weighted by Crippen LogP contribution is -2.04. The highest BCUT2D eigenvalue weighted by Crippen LogP contribution is 2.13. The molecule has 0 atom stereocenters. The van der Waals surface area contributed by atoms with E-state index in [0.29, 0.717) is 18.4 Å². The zero-order valence-corrected chi connectivity index (χ0v) is 12.3. The van der Waals surface area contributed by atoms with Crippen molar-refractivity contribution in [2.45, 2.75) is 6.54 Å². The molecule has 3 aromatic heterocycles. The summed E-state index contributed by atoms with van der Waals surface area (Å²) in [5, 5.41) is 3.12. The molecule has 0 saturated heterocycles. The van der Waals surface area contributed by atoms with Crippen LogP contribution in [0.2, 0.25) is 0 Å². The predicted molar refractivity (Wildman–Crippen MR) is 78.8 cm³/mol. The summed E-state index contributed by atoms with van der Waals surface area (Å²) in [6, 6.07) is 5.62. The van der Waals surface area contributed by atoms with Gasteiger partial charge in [0.15, 0.2) is 0 Å². The second kappa shape index (κ2) is 5.46. The van der Waals surface area contributed by atoms with Crippen LogP contribution in [0.3, 0.4) is 0 Å². The first-order valence-corrected chi connectivity index (χ1v) is 6.78. The van der Waals surface area contributed by atoms with Crippen molar-refractivity contribution in [3.05, 3.63) is 47.0 Å². The summed E-state index contributed by atoms with van der Waals surface area (Å²) >= 11 is 3.44. The van der Waals surface area contributed by atoms with Gasteiger partial charge >= 0.3 is 0 Å². The number of aromatic nitrogens is 4. The van der Waals surface area contributed by atoms with Crippen LogP contribution in [0.5, 0.6) is 5.88 Å². The third-order valence-corrected chi connectivity index (χ3v) is 3.20. The number of anilines is 1. The number of hydrogen-bond acceptors (Lipinski definition) is 5. The molecule has 0 amide bonds. The maximum absolute atomic E-state index is 5.05. The Hall–Kier alpha value is -2.15. The van der Waals surface area contributed by atoms with E-state index >= 15 is 0 Å². The lowest BCUT2D eigenvalue weighted by Gasteiger charge is -2.03. The van der Waals surface area contributed by atoms with Crippen molar-refractivity contribution >= 4 is 27.5 Å². The minimum atomic E-state index is 0.516. The van der Waals surface area contributed by atoms with E-state index in [0.717, 1.165) is 15.8 Å². The Morgan fingerprint density at radius 2 is 2.15 bits per heavy atom. The Morgan fingerprint density at radius 3 is 3.00 bits per heavy atom. The van der Waals surface area contributed by atoms with Crippen molar-refractivity contribution in [1.82, 2.24) is 19.4 Å². The number of methoxy groups -OCH3 is 1. The Kier molecular flexibility index (Phi) is 3.51. The van der Waals surface area contributed by atoms with Gasteiger partial charge in [-0.1, -0.05) is 0 Å². The molecule has 1 N–H and O–H groups in total. The van der Waals surface area contributed by atoms with Crippen molar-refractivity contribution in [2.24, 2.45) is 0 Å². The van der Waals surface area contributed by atoms with Crippen molar-refractivity contribution in [3.8, 4) is 5.88 Å². The molecule has 102 valence electrons. The van der Waals surface area contributed by atoms with E-state index in [4.69, 9.17) is 4.74 Å². The fourth-order valence-corrected chi connectivity index (χ4v) is 2.17. The second-order valence-corrected chi connectivity index (χ2v) is 5.04. The van der Waals surface area contributed by atoms with E-state index in [9.17, 15) is 0 Å². The maximum atomic E-state index is 5.05. The van der Waals surface area contributed by atoms with E-state index in [1.54, 1.807) is 19.4 Å². The quantitative estimate of drug-likeness (QED) is 0.794. The van der Waals surface area contributed by atoms with Gasteiger partial charge in [-0.25, -0.2) is 9.97 Å². The average molecular weight is 334 g/mol. The number of fused-ring (bicyclic) bond motifs is 1. The highest BCUT2D eigenvalue weighted by molar-refractivity contribution is 9.10. The summed E-state index contributed by atoms with van der Waals surface area (Å²) in [4.78, 5) is 12.8. The van der Waals surface area contributed by atoms with Gasteiger partial charge in [0.1, 0.15) is 5.65 Å². The number of hydrogen-bond donors (Lipinski definition) is 1. The Labute approximate surface area is 124 Å². The van der Waals surface area contributed by atoms with Crippen LogP contribution in [-0.2, 0) is 6.54 Å². The number of pyridine rings is 1. The lowest BCUT2D eigenvalue weighted by atomic mass is 10.5. The third-order valence-electron chi connectivity index (χ3n) is 2.73. The zero-order valence-electron chi connectivity index (χ0n) is 10.7. The largest absolute Gasteiger partial charge is 0.481 e. The van der Waals surface area contributed by atoms with Crippen molar-refractivity contribution < 1.29 is 4.74 Å². The fraction of sp³-hybridized carbons (Fsp3) is 0.154. The molecule has 0 aliphatic carbocycles. The topological polar surface area (TPSA) is 64.3 Å². The summed E-state index contributed by atoms with van der Waals surface area (Å²) in [5.74, 6) is 1.05. The van der Waals surface area contributed by atoms with E-state index in [1.165, 1.54) is 0 Å². The molecule has 0 radical (unpaired) electrons. The van der Waals surface area contributed by atoms with E-state index in [2.05, 4.69) is 36.2 Å². The Bertz CT molecular complexity index is 742. The Balaban J connectivity index is 1.76. The van der Waals surface area contributed by atoms with Crippen LogP contribution >= 0.6 is 15.9 Å². The lowest BCUT2D eigenvalue weighted by molar-refractivity contribution is 0.397. The van der Waals surface area contributed by atoms with Crippen LogP contribution in [0, 0.1) is 0 Å². The van der Waals surface area contributed by atoms with Gasteiger partial charge in [-0.3, -0.25) is 0 Å². The summed E-state index contributed by atoms with van der Waals surface area (Å²) in [6.45, 7) is 0.548. The molecule has 20 heavy (non-hydrogen) atoms. The van der Waals surface area contributed by atoms with Crippen LogP contribution in [0.4, 0.5) is 5.95 Å². The molecular weight excluding hydrogens is 322 g/mol. The standard InChI is InChI=1S/C13H12BrN5O/c1-20-12-4-5-15-13(18-12)16-6-10-8-19-7-9(14)2-3-11(19)17-10/h2-5,7-8H,6H2,1H3,(H,15,16,18). The van der Waals surface area contributed by atoms with Crippen LogP contribution in [0.1, 0.15) is 5.69 Å². The molecule has 3 aromatic rings. The number of imidazole rings is 1. The summed E-state index contributed by atoms with van der Waals surface area (Å²) in [5.41, 5.74) is 1.81. The zero-order chi connectivity index (χ0) is 13.9. The first-order valence-electron chi connectivity index (χ1n) is 5.98. The molecule has 3 heterocycles. The maximum Gasteiger partial charge on any atom is 0.226 e. The number of rotatable bonds is 4. The predicted octanol–water partition coefficient (Wildman–Crippen LogP) is 2.51. The molecule has 3 rings (SSSR count). The van der Waals surface area contributed by atoms with Gasteiger partial charge < -0.3 is 14.5 Å². The van der Waals surface area contributed by atoms with Gasteiger partial charge in [-0.2, -0.15) is 4.98 Å². The third kappa shape index (κ3) is 2.72. The second-order valence-electron chi connectivity index (χ2n) is 4.12. The van der Waals surface area contributed by atoms with Gasteiger partial charge in [0.2, 0.25) is 11.8 Å². The van der Waals surface area contributed by atoms with Crippen LogP contribution in [0.15, 0.2) is 41.3 Å². The van der Waals surface area contributed by atoms with Crippen LogP contribution < -0.4 is 10.1 Å². The monoisotopic (exact) mass is 333 g/mol. The van der Waals surface area contributed by atoms with Crippen LogP contribution in [-0.4, -0.2) is 26.5 Å². The normalized spacial score (nSPS) is 10.7. The SMILES string of the molecule is COc1ccnc(NCc2cn3cc(Br)ccc3n2)n1. The smallest absolute Gasteiger partial charge is 0.226 e. The summed E-state index contributed by atoms with van der Waals surface area (Å²) in [7, 11) is 1.58. The minimum absolute atomic E-state index is 0.516. The van der Waals surface area contributed by atoms with Gasteiger partial charge in [0.25, 0.3) is 0 Å². The molecule has 0 saturated carbocycles. The molecular formula is C13H12BrN5O. The number of ether oxygens (including phenoxy) is 1. The molecule has 6 nitrogen and oxygen atoms in total. The van der Waals surface area contributed by atoms with E-state index in [-0.39, 0.29) is 0 Å². The first-order chi connectivity index (χ1) is 9.74. The van der Waals surface area contributed by atoms with E-state index < -0.39 is 0 Å². The molecule has 0 aliphatic heterocycles. The molecule has 0 aromatic carbocycles. The number of nitrogens with zero attached hydrogens (tertiary/aromatic N) is 4. The molecule has 7 heteroatoms. The molecule has 0 unspecified atom stereocenters. The van der Waals surface area contributed by atoms with Gasteiger partial charge in [0.05, 0.1) is 19.3 Å². The average Bonchev–Trinajstić information content (AvgIpc) is 2.87. The van der Waals surface area contributed by atoms with Gasteiger partial charge in [-0.05, 0) is 28.1 Å². The van der Waals surface area contributed by atoms with E-state index in [1.807, 2.05) is 28.9 Å². The first kappa shape index (κ1) is 12.9. The van der Waals surface area contributed by atoms with Crippen molar-refractivity contribution in [3.63, 3.8) is 0 Å². The molecule has 0 aliphatic rings. The summed E-state index contributed by atoms with van der Waals surface area (Å²) < 4.78 is 8.03.